The van der Waals surface area contributed by atoms with Crippen LogP contribution in [0.2, 0.25) is 0 Å². The summed E-state index contributed by atoms with van der Waals surface area (Å²) in [4.78, 5) is 0. The molecule has 1 rings (SSSR count). The van der Waals surface area contributed by atoms with Gasteiger partial charge in [0.15, 0.2) is 5.82 Å². The van der Waals surface area contributed by atoms with Gasteiger partial charge >= 0.3 is 58.4 Å². The van der Waals surface area contributed by atoms with E-state index in [4.69, 9.17) is 0 Å². The van der Waals surface area contributed by atoms with Crippen LogP contribution in [0.4, 0.5) is 17.3 Å². The first-order chi connectivity index (χ1) is 6.38. The molecule has 7 heteroatoms. The molecule has 0 N–H and O–H groups in total. The minimum Gasteiger partial charge on any atom is -0.497 e. The normalized spacial score (nSPS) is 10.8. The number of hydrogen-bond acceptors (Lipinski definition) is 1. The van der Waals surface area contributed by atoms with E-state index in [2.05, 4.69) is 4.74 Å². The van der Waals surface area contributed by atoms with Gasteiger partial charge in [-0.15, -0.1) is 0 Å². The molecular formula is C8H8BF4KO. The predicted molar refractivity (Wildman–Crippen MR) is 46.4 cm³/mol. The maximum Gasteiger partial charge on any atom is 1.00 e. The molecule has 0 bridgehead atoms. The standard InChI is InChI=1S/C8H8BF4O.K/c1-5-3-4-6(9(11,12)13)8(14-2)7(5)10;/h3-4H,1-2H3;/q-1;+1. The van der Waals surface area contributed by atoms with Crippen LogP contribution in [0.25, 0.3) is 0 Å². The van der Waals surface area contributed by atoms with Gasteiger partial charge in [0.1, 0.15) is 5.75 Å². The largest absolute Gasteiger partial charge is 1.00 e. The van der Waals surface area contributed by atoms with Gasteiger partial charge in [-0.2, -0.15) is 0 Å². The van der Waals surface area contributed by atoms with E-state index in [0.29, 0.717) is 0 Å². The molecule has 0 aliphatic rings. The SMILES string of the molecule is COc1c([B-](F)(F)F)ccc(C)c1F.[K+]. The molecule has 0 fully saturated rings. The van der Waals surface area contributed by atoms with Gasteiger partial charge in [-0.1, -0.05) is 17.6 Å². The summed E-state index contributed by atoms with van der Waals surface area (Å²) in [6.45, 7) is -3.86. The Morgan fingerprint density at radius 1 is 1.20 bits per heavy atom. The van der Waals surface area contributed by atoms with Crippen molar-refractivity contribution in [2.75, 3.05) is 7.11 Å². The van der Waals surface area contributed by atoms with E-state index in [0.717, 1.165) is 19.2 Å². The smallest absolute Gasteiger partial charge is 0.497 e. The summed E-state index contributed by atoms with van der Waals surface area (Å²) in [5, 5.41) is 0. The van der Waals surface area contributed by atoms with Crippen molar-refractivity contribution in [2.45, 2.75) is 6.92 Å². The van der Waals surface area contributed by atoms with Gasteiger partial charge in [-0.3, -0.25) is 0 Å². The van der Waals surface area contributed by atoms with E-state index in [1.807, 2.05) is 0 Å². The summed E-state index contributed by atoms with van der Waals surface area (Å²) in [6.07, 6.45) is 0. The second kappa shape index (κ2) is 5.68. The van der Waals surface area contributed by atoms with Crippen molar-refractivity contribution in [1.82, 2.24) is 0 Å². The Hall–Kier alpha value is 0.441. The molecule has 0 saturated carbocycles. The number of rotatable bonds is 2. The van der Waals surface area contributed by atoms with E-state index < -0.39 is 24.0 Å². The number of halogens is 4. The Bertz CT molecular complexity index is 353. The number of aryl methyl sites for hydroxylation is 1. The van der Waals surface area contributed by atoms with Crippen LogP contribution in [-0.2, 0) is 0 Å². The molecule has 0 aliphatic heterocycles. The second-order valence-corrected chi connectivity index (χ2v) is 2.89. The number of benzene rings is 1. The van der Waals surface area contributed by atoms with Crippen LogP contribution in [0.15, 0.2) is 12.1 Å². The van der Waals surface area contributed by atoms with E-state index >= 15 is 0 Å². The van der Waals surface area contributed by atoms with Gasteiger partial charge in [0, 0.05) is 0 Å². The van der Waals surface area contributed by atoms with Crippen molar-refractivity contribution >= 4 is 12.4 Å². The first kappa shape index (κ1) is 15.4. The molecule has 1 nitrogen and oxygen atoms in total. The summed E-state index contributed by atoms with van der Waals surface area (Å²) < 4.78 is 54.7. The van der Waals surface area contributed by atoms with Crippen molar-refractivity contribution in [3.05, 3.63) is 23.5 Å². The van der Waals surface area contributed by atoms with E-state index in [9.17, 15) is 17.3 Å². The zero-order chi connectivity index (χ0) is 10.9. The second-order valence-electron chi connectivity index (χ2n) is 2.89. The Labute approximate surface area is 128 Å². The molecule has 0 saturated heterocycles. The van der Waals surface area contributed by atoms with Gasteiger partial charge in [-0.05, 0) is 12.5 Å². The van der Waals surface area contributed by atoms with Crippen molar-refractivity contribution in [1.29, 1.82) is 0 Å². The zero-order valence-electron chi connectivity index (χ0n) is 8.65. The van der Waals surface area contributed by atoms with Gasteiger partial charge in [0.05, 0.1) is 7.11 Å². The molecule has 0 aliphatic carbocycles. The van der Waals surface area contributed by atoms with Crippen LogP contribution in [-0.4, -0.2) is 14.1 Å². The third kappa shape index (κ3) is 3.45. The maximum atomic E-state index is 13.2. The molecule has 0 heterocycles. The van der Waals surface area contributed by atoms with Crippen LogP contribution >= 0.6 is 0 Å². The average molecular weight is 246 g/mol. The Morgan fingerprint density at radius 2 is 1.73 bits per heavy atom. The summed E-state index contributed by atoms with van der Waals surface area (Å²) in [7, 11) is 1.02. The minimum atomic E-state index is -5.24. The first-order valence-corrected chi connectivity index (χ1v) is 3.91. The molecule has 0 amide bonds. The van der Waals surface area contributed by atoms with E-state index in [-0.39, 0.29) is 56.9 Å². The molecule has 0 spiro atoms. The third-order valence-electron chi connectivity index (χ3n) is 1.88. The van der Waals surface area contributed by atoms with Crippen LogP contribution in [0.3, 0.4) is 0 Å². The molecular weight excluding hydrogens is 238 g/mol. The van der Waals surface area contributed by atoms with Crippen molar-refractivity contribution in [3.8, 4) is 5.75 Å². The number of hydrogen-bond donors (Lipinski definition) is 0. The Morgan fingerprint density at radius 3 is 2.13 bits per heavy atom. The van der Waals surface area contributed by atoms with Crippen molar-refractivity contribution in [2.24, 2.45) is 0 Å². The van der Waals surface area contributed by atoms with Gasteiger partial charge in [-0.25, -0.2) is 4.39 Å². The summed E-state index contributed by atoms with van der Waals surface area (Å²) in [5.74, 6) is -1.68. The van der Waals surface area contributed by atoms with E-state index in [1.165, 1.54) is 6.92 Å². The molecule has 0 unspecified atom stereocenters. The first-order valence-electron chi connectivity index (χ1n) is 3.91. The molecule has 0 atom stereocenters. The third-order valence-corrected chi connectivity index (χ3v) is 1.88. The molecule has 1 aromatic carbocycles. The fraction of sp³-hybridized carbons (Fsp3) is 0.250. The summed E-state index contributed by atoms with van der Waals surface area (Å²) in [5.41, 5.74) is -0.902. The quantitative estimate of drug-likeness (QED) is 0.490. The fourth-order valence-corrected chi connectivity index (χ4v) is 1.13. The van der Waals surface area contributed by atoms with Crippen LogP contribution < -0.4 is 61.6 Å². The van der Waals surface area contributed by atoms with Crippen molar-refractivity contribution in [3.63, 3.8) is 0 Å². The van der Waals surface area contributed by atoms with Crippen LogP contribution in [0.5, 0.6) is 5.75 Å². The fourth-order valence-electron chi connectivity index (χ4n) is 1.13. The van der Waals surface area contributed by atoms with Crippen LogP contribution in [0.1, 0.15) is 5.56 Å². The minimum absolute atomic E-state index is 0. The molecule has 1 aromatic rings. The Balaban J connectivity index is 0.00000196. The maximum absolute atomic E-state index is 13.2. The molecule has 0 radical (unpaired) electrons. The average Bonchev–Trinajstić information content (AvgIpc) is 2.07. The van der Waals surface area contributed by atoms with Gasteiger partial charge in [0.25, 0.3) is 0 Å². The topological polar surface area (TPSA) is 9.23 Å². The Kier molecular flexibility index (Phi) is 5.84. The van der Waals surface area contributed by atoms with Gasteiger partial charge in [0.2, 0.25) is 0 Å². The van der Waals surface area contributed by atoms with Gasteiger partial charge < -0.3 is 17.7 Å². The van der Waals surface area contributed by atoms with E-state index in [1.54, 1.807) is 0 Å². The molecule has 78 valence electrons. The molecule has 15 heavy (non-hydrogen) atoms. The number of ether oxygens (including phenoxy) is 1. The van der Waals surface area contributed by atoms with Crippen molar-refractivity contribution < 1.29 is 73.5 Å². The number of methoxy groups -OCH3 is 1. The summed E-state index contributed by atoms with van der Waals surface area (Å²) in [6, 6.07) is 1.92. The van der Waals surface area contributed by atoms with Crippen LogP contribution in [0, 0.1) is 12.7 Å². The predicted octanol–water partition coefficient (Wildman–Crippen LogP) is -0.799. The summed E-state index contributed by atoms with van der Waals surface area (Å²) >= 11 is 0. The monoisotopic (exact) mass is 246 g/mol. The zero-order valence-corrected chi connectivity index (χ0v) is 11.8. The molecule has 0 aromatic heterocycles.